The molecule has 0 aromatic heterocycles. The first kappa shape index (κ1) is 10.7. The van der Waals surface area contributed by atoms with Crippen molar-refractivity contribution in [1.82, 2.24) is 5.32 Å². The molecule has 0 saturated carbocycles. The van der Waals surface area contributed by atoms with Crippen LogP contribution in [0.1, 0.15) is 29.9 Å². The van der Waals surface area contributed by atoms with Crippen molar-refractivity contribution in [3.05, 3.63) is 35.4 Å². The molecule has 1 aliphatic heterocycles. The van der Waals surface area contributed by atoms with Crippen LogP contribution in [0.15, 0.2) is 24.3 Å². The second-order valence-corrected chi connectivity index (χ2v) is 4.26. The Morgan fingerprint density at radius 2 is 2.07 bits per heavy atom. The number of piperidine rings is 1. The van der Waals surface area contributed by atoms with E-state index in [0.717, 1.165) is 13.0 Å². The Labute approximate surface area is 91.3 Å². The van der Waals surface area contributed by atoms with Crippen LogP contribution in [0.4, 0.5) is 0 Å². The maximum Gasteiger partial charge on any atom is 0.0471 e. The Kier molecular flexibility index (Phi) is 3.75. The zero-order chi connectivity index (χ0) is 10.5. The summed E-state index contributed by atoms with van der Waals surface area (Å²) in [5.74, 6) is 0.682. The van der Waals surface area contributed by atoms with Gasteiger partial charge in [0, 0.05) is 13.2 Å². The first-order valence-electron chi connectivity index (χ1n) is 5.80. The third-order valence-corrected chi connectivity index (χ3v) is 3.15. The van der Waals surface area contributed by atoms with Crippen molar-refractivity contribution in [2.75, 3.05) is 19.7 Å². The summed E-state index contributed by atoms with van der Waals surface area (Å²) < 4.78 is 0. The van der Waals surface area contributed by atoms with Gasteiger partial charge in [0.05, 0.1) is 0 Å². The van der Waals surface area contributed by atoms with E-state index in [1.807, 2.05) is 0 Å². The van der Waals surface area contributed by atoms with Gasteiger partial charge < -0.3 is 10.4 Å². The molecule has 15 heavy (non-hydrogen) atoms. The summed E-state index contributed by atoms with van der Waals surface area (Å²) in [5, 5.41) is 12.3. The Morgan fingerprint density at radius 1 is 1.27 bits per heavy atom. The minimum absolute atomic E-state index is 0.240. The van der Waals surface area contributed by atoms with E-state index in [2.05, 4.69) is 29.6 Å². The van der Waals surface area contributed by atoms with Crippen LogP contribution in [0.2, 0.25) is 0 Å². The molecule has 2 rings (SSSR count). The molecule has 2 nitrogen and oxygen atoms in total. The van der Waals surface area contributed by atoms with Gasteiger partial charge in [-0.05, 0) is 42.9 Å². The number of rotatable bonds is 3. The van der Waals surface area contributed by atoms with Crippen molar-refractivity contribution >= 4 is 0 Å². The molecule has 1 aromatic rings. The van der Waals surface area contributed by atoms with Gasteiger partial charge in [0.2, 0.25) is 0 Å². The van der Waals surface area contributed by atoms with Crippen LogP contribution in [0.5, 0.6) is 0 Å². The second kappa shape index (κ2) is 5.29. The molecule has 2 N–H and O–H groups in total. The van der Waals surface area contributed by atoms with Gasteiger partial charge in [0.15, 0.2) is 0 Å². The highest BCUT2D eigenvalue weighted by Gasteiger charge is 2.14. The third-order valence-electron chi connectivity index (χ3n) is 3.15. The zero-order valence-corrected chi connectivity index (χ0v) is 9.08. The number of hydrogen-bond donors (Lipinski definition) is 2. The van der Waals surface area contributed by atoms with E-state index in [-0.39, 0.29) is 6.61 Å². The van der Waals surface area contributed by atoms with Crippen molar-refractivity contribution in [2.24, 2.45) is 0 Å². The monoisotopic (exact) mass is 205 g/mol. The van der Waals surface area contributed by atoms with Crippen molar-refractivity contribution in [2.45, 2.75) is 25.2 Å². The predicted octanol–water partition coefficient (Wildman–Crippen LogP) is 1.69. The lowest BCUT2D eigenvalue weighted by Crippen LogP contribution is -2.28. The predicted molar refractivity (Wildman–Crippen MR) is 62.1 cm³/mol. The molecule has 0 spiro atoms. The summed E-state index contributed by atoms with van der Waals surface area (Å²) in [6, 6.07) is 8.70. The average molecular weight is 205 g/mol. The fourth-order valence-corrected chi connectivity index (χ4v) is 2.22. The Morgan fingerprint density at radius 3 is 2.67 bits per heavy atom. The lowest BCUT2D eigenvalue weighted by atomic mass is 9.91. The van der Waals surface area contributed by atoms with Gasteiger partial charge in [0.25, 0.3) is 0 Å². The molecule has 1 heterocycles. The van der Waals surface area contributed by atoms with E-state index in [1.165, 1.54) is 30.5 Å². The van der Waals surface area contributed by atoms with Crippen LogP contribution in [-0.2, 0) is 6.42 Å². The van der Waals surface area contributed by atoms with Crippen molar-refractivity contribution in [3.8, 4) is 0 Å². The van der Waals surface area contributed by atoms with Crippen LogP contribution in [0.3, 0.4) is 0 Å². The molecule has 0 amide bonds. The van der Waals surface area contributed by atoms with Crippen molar-refractivity contribution in [3.63, 3.8) is 0 Å². The maximum atomic E-state index is 8.83. The van der Waals surface area contributed by atoms with Crippen molar-refractivity contribution in [1.29, 1.82) is 0 Å². The topological polar surface area (TPSA) is 32.3 Å². The van der Waals surface area contributed by atoms with Gasteiger partial charge >= 0.3 is 0 Å². The summed E-state index contributed by atoms with van der Waals surface area (Å²) in [4.78, 5) is 0. The molecule has 1 atom stereocenters. The second-order valence-electron chi connectivity index (χ2n) is 4.26. The standard InChI is InChI=1S/C13H19NO/c15-9-7-11-3-5-12(6-4-11)13-2-1-8-14-10-13/h3-6,13-15H,1-2,7-10H2. The van der Waals surface area contributed by atoms with Crippen LogP contribution in [-0.4, -0.2) is 24.8 Å². The molecule has 2 heteroatoms. The van der Waals surface area contributed by atoms with Gasteiger partial charge in [-0.3, -0.25) is 0 Å². The van der Waals surface area contributed by atoms with E-state index >= 15 is 0 Å². The summed E-state index contributed by atoms with van der Waals surface area (Å²) >= 11 is 0. The molecule has 0 radical (unpaired) electrons. The minimum Gasteiger partial charge on any atom is -0.396 e. The van der Waals surface area contributed by atoms with Crippen LogP contribution in [0, 0.1) is 0 Å². The molecule has 82 valence electrons. The normalized spacial score (nSPS) is 21.5. The molecular weight excluding hydrogens is 186 g/mol. The van der Waals surface area contributed by atoms with E-state index < -0.39 is 0 Å². The average Bonchev–Trinajstić information content (AvgIpc) is 2.32. The summed E-state index contributed by atoms with van der Waals surface area (Å²) in [6.07, 6.45) is 3.35. The van der Waals surface area contributed by atoms with Gasteiger partial charge in [0.1, 0.15) is 0 Å². The van der Waals surface area contributed by atoms with E-state index in [1.54, 1.807) is 0 Å². The van der Waals surface area contributed by atoms with Crippen LogP contribution < -0.4 is 5.32 Å². The molecule has 0 aliphatic carbocycles. The Bertz CT molecular complexity index is 288. The van der Waals surface area contributed by atoms with E-state index in [9.17, 15) is 0 Å². The highest BCUT2D eigenvalue weighted by Crippen LogP contribution is 2.23. The fraction of sp³-hybridized carbons (Fsp3) is 0.538. The van der Waals surface area contributed by atoms with Crippen molar-refractivity contribution < 1.29 is 5.11 Å². The molecule has 1 saturated heterocycles. The zero-order valence-electron chi connectivity index (χ0n) is 9.08. The Balaban J connectivity index is 2.02. The molecular formula is C13H19NO. The molecule has 1 fully saturated rings. The minimum atomic E-state index is 0.240. The van der Waals surface area contributed by atoms with Gasteiger partial charge in [-0.15, -0.1) is 0 Å². The first-order valence-corrected chi connectivity index (χ1v) is 5.80. The van der Waals surface area contributed by atoms with E-state index in [4.69, 9.17) is 5.11 Å². The number of aliphatic hydroxyl groups excluding tert-OH is 1. The SMILES string of the molecule is OCCc1ccc(C2CCCNC2)cc1. The highest BCUT2D eigenvalue weighted by molar-refractivity contribution is 5.26. The molecule has 0 bridgehead atoms. The number of benzene rings is 1. The fourth-order valence-electron chi connectivity index (χ4n) is 2.22. The lowest BCUT2D eigenvalue weighted by Gasteiger charge is -2.23. The summed E-state index contributed by atoms with van der Waals surface area (Å²) in [7, 11) is 0. The van der Waals surface area contributed by atoms with Gasteiger partial charge in [-0.2, -0.15) is 0 Å². The number of hydrogen-bond acceptors (Lipinski definition) is 2. The van der Waals surface area contributed by atoms with Crippen LogP contribution >= 0.6 is 0 Å². The smallest absolute Gasteiger partial charge is 0.0471 e. The molecule has 1 aliphatic rings. The number of aliphatic hydroxyl groups is 1. The highest BCUT2D eigenvalue weighted by atomic mass is 16.2. The quantitative estimate of drug-likeness (QED) is 0.787. The summed E-state index contributed by atoms with van der Waals surface area (Å²) in [6.45, 7) is 2.52. The Hall–Kier alpha value is -0.860. The molecule has 1 aromatic carbocycles. The lowest BCUT2D eigenvalue weighted by molar-refractivity contribution is 0.299. The van der Waals surface area contributed by atoms with E-state index in [0.29, 0.717) is 5.92 Å². The maximum absolute atomic E-state index is 8.83. The number of nitrogens with one attached hydrogen (secondary N) is 1. The summed E-state index contributed by atoms with van der Waals surface area (Å²) in [5.41, 5.74) is 2.66. The largest absolute Gasteiger partial charge is 0.396 e. The van der Waals surface area contributed by atoms with Gasteiger partial charge in [-0.1, -0.05) is 24.3 Å². The van der Waals surface area contributed by atoms with Crippen LogP contribution in [0.25, 0.3) is 0 Å². The molecule has 1 unspecified atom stereocenters. The third kappa shape index (κ3) is 2.80. The van der Waals surface area contributed by atoms with Gasteiger partial charge in [-0.25, -0.2) is 0 Å². The first-order chi connectivity index (χ1) is 7.40.